The zero-order valence-electron chi connectivity index (χ0n) is 24.2. The monoisotopic (exact) mass is 561 g/mol. The van der Waals surface area contributed by atoms with Crippen LogP contribution in [0.4, 0.5) is 11.4 Å². The summed E-state index contributed by atoms with van der Waals surface area (Å²) < 4.78 is 28.3. The number of ether oxygens (including phenoxy) is 5. The molecule has 8 heteroatoms. The molecular weight excluding hydrogens is 518 g/mol. The molecule has 3 aromatic rings. The van der Waals surface area contributed by atoms with E-state index >= 15 is 0 Å². The van der Waals surface area contributed by atoms with E-state index in [0.29, 0.717) is 19.8 Å². The molecule has 0 bridgehead atoms. The first-order chi connectivity index (χ1) is 20.3. The third-order valence-corrected chi connectivity index (χ3v) is 7.53. The van der Waals surface area contributed by atoms with Crippen LogP contribution in [-0.2, 0) is 27.3 Å². The zero-order valence-corrected chi connectivity index (χ0v) is 24.2. The fourth-order valence-electron chi connectivity index (χ4n) is 5.19. The Morgan fingerprint density at radius 3 is 2.20 bits per heavy atom. The van der Waals surface area contributed by atoms with Gasteiger partial charge in [-0.25, -0.2) is 0 Å². The molecule has 0 aromatic heterocycles. The van der Waals surface area contributed by atoms with Crippen molar-refractivity contribution in [1.29, 1.82) is 0 Å². The van der Waals surface area contributed by atoms with E-state index in [2.05, 4.69) is 69.3 Å². The fraction of sp³-hybridized carbons (Fsp3) is 0.455. The maximum Gasteiger partial charge on any atom is 0.121 e. The number of anilines is 2. The first kappa shape index (κ1) is 29.2. The maximum atomic E-state index is 6.09. The fourth-order valence-corrected chi connectivity index (χ4v) is 5.19. The van der Waals surface area contributed by atoms with Crippen LogP contribution < -0.4 is 19.3 Å². The predicted octanol–water partition coefficient (Wildman–Crippen LogP) is 4.47. The number of methoxy groups -OCH3 is 1. The van der Waals surface area contributed by atoms with Crippen molar-refractivity contribution in [3.8, 4) is 11.5 Å². The molecule has 0 N–H and O–H groups in total. The van der Waals surface area contributed by atoms with Gasteiger partial charge in [-0.05, 0) is 47.5 Å². The molecule has 0 radical (unpaired) electrons. The summed E-state index contributed by atoms with van der Waals surface area (Å²) in [5, 5.41) is 0. The van der Waals surface area contributed by atoms with Gasteiger partial charge in [0.1, 0.15) is 18.1 Å². The molecule has 0 spiro atoms. The molecule has 2 fully saturated rings. The molecule has 0 saturated carbocycles. The molecule has 2 aliphatic rings. The highest BCUT2D eigenvalue weighted by Crippen LogP contribution is 2.27. The number of benzene rings is 3. The number of morpholine rings is 2. The van der Waals surface area contributed by atoms with Crippen molar-refractivity contribution < 1.29 is 23.7 Å². The first-order valence-electron chi connectivity index (χ1n) is 14.7. The highest BCUT2D eigenvalue weighted by atomic mass is 16.5. The second-order valence-corrected chi connectivity index (χ2v) is 10.4. The van der Waals surface area contributed by atoms with Crippen molar-refractivity contribution in [3.63, 3.8) is 0 Å². The van der Waals surface area contributed by atoms with Crippen molar-refractivity contribution in [1.82, 2.24) is 4.90 Å². The second kappa shape index (κ2) is 15.6. The molecule has 0 atom stereocenters. The molecular formula is C33H43N3O5. The van der Waals surface area contributed by atoms with E-state index in [1.807, 2.05) is 18.2 Å². The summed E-state index contributed by atoms with van der Waals surface area (Å²) in [6.45, 7) is 11.3. The van der Waals surface area contributed by atoms with Gasteiger partial charge >= 0.3 is 0 Å². The van der Waals surface area contributed by atoms with Gasteiger partial charge in [0.25, 0.3) is 0 Å². The first-order valence-corrected chi connectivity index (χ1v) is 14.7. The lowest BCUT2D eigenvalue weighted by atomic mass is 10.1. The molecule has 2 aliphatic heterocycles. The Labute approximate surface area is 244 Å². The van der Waals surface area contributed by atoms with Gasteiger partial charge in [0.2, 0.25) is 0 Å². The van der Waals surface area contributed by atoms with Crippen LogP contribution in [0.1, 0.15) is 11.1 Å². The minimum absolute atomic E-state index is 0.519. The van der Waals surface area contributed by atoms with Gasteiger partial charge in [-0.15, -0.1) is 0 Å². The van der Waals surface area contributed by atoms with Crippen LogP contribution in [0.25, 0.3) is 0 Å². The molecule has 0 unspecified atom stereocenters. The molecule has 41 heavy (non-hydrogen) atoms. The highest BCUT2D eigenvalue weighted by molar-refractivity contribution is 5.53. The van der Waals surface area contributed by atoms with Gasteiger partial charge in [-0.2, -0.15) is 0 Å². The molecule has 0 amide bonds. The summed E-state index contributed by atoms with van der Waals surface area (Å²) in [6.07, 6.45) is 0. The Hall–Kier alpha value is -3.30. The summed E-state index contributed by atoms with van der Waals surface area (Å²) >= 11 is 0. The van der Waals surface area contributed by atoms with Gasteiger partial charge in [0, 0.05) is 63.3 Å². The van der Waals surface area contributed by atoms with Crippen LogP contribution in [0.5, 0.6) is 11.5 Å². The van der Waals surface area contributed by atoms with Gasteiger partial charge in [0.15, 0.2) is 0 Å². The summed E-state index contributed by atoms with van der Waals surface area (Å²) in [6, 6.07) is 25.5. The van der Waals surface area contributed by atoms with E-state index in [1.54, 1.807) is 7.11 Å². The Morgan fingerprint density at radius 1 is 0.707 bits per heavy atom. The van der Waals surface area contributed by atoms with Crippen LogP contribution in [0, 0.1) is 0 Å². The van der Waals surface area contributed by atoms with E-state index in [0.717, 1.165) is 89.4 Å². The Bertz CT molecular complexity index is 1180. The topological polar surface area (TPSA) is 55.9 Å². The van der Waals surface area contributed by atoms with Crippen molar-refractivity contribution in [2.45, 2.75) is 13.1 Å². The summed E-state index contributed by atoms with van der Waals surface area (Å²) in [4.78, 5) is 7.14. The van der Waals surface area contributed by atoms with Gasteiger partial charge in [-0.3, -0.25) is 4.90 Å². The molecule has 220 valence electrons. The number of nitrogens with zero attached hydrogens (tertiary/aromatic N) is 3. The van der Waals surface area contributed by atoms with E-state index < -0.39 is 0 Å². The summed E-state index contributed by atoms with van der Waals surface area (Å²) in [5.41, 5.74) is 4.80. The summed E-state index contributed by atoms with van der Waals surface area (Å²) in [5.74, 6) is 1.71. The molecule has 8 nitrogen and oxygen atoms in total. The number of hydrogen-bond donors (Lipinski definition) is 0. The zero-order chi connectivity index (χ0) is 28.1. The lowest BCUT2D eigenvalue weighted by Gasteiger charge is -2.29. The molecule has 0 aliphatic carbocycles. The van der Waals surface area contributed by atoms with Crippen LogP contribution in [0.15, 0.2) is 72.8 Å². The van der Waals surface area contributed by atoms with Crippen molar-refractivity contribution in [2.75, 3.05) is 95.9 Å². The third-order valence-electron chi connectivity index (χ3n) is 7.53. The van der Waals surface area contributed by atoms with E-state index in [1.165, 1.54) is 16.8 Å². The van der Waals surface area contributed by atoms with E-state index in [9.17, 15) is 0 Å². The van der Waals surface area contributed by atoms with Crippen molar-refractivity contribution >= 4 is 11.4 Å². The minimum Gasteiger partial charge on any atom is -0.497 e. The SMILES string of the molecule is COc1cccc(CN(Cc2ccc(N3CCOCC3)cc2)c2cccc(OCCOCCN3CCOCC3)c2)c1. The Kier molecular flexibility index (Phi) is 11.1. The molecule has 5 rings (SSSR count). The standard InChI is InChI=1S/C33H43N3O5/c1-37-32-6-2-4-29(24-32)27-36(26-28-8-10-30(11-9-28)35-15-20-39-21-16-35)31-5-3-7-33(25-31)41-23-22-40-19-14-34-12-17-38-18-13-34/h2-11,24-25H,12-23,26-27H2,1H3. The quantitative estimate of drug-likeness (QED) is 0.268. The van der Waals surface area contributed by atoms with Crippen LogP contribution in [0.3, 0.4) is 0 Å². The molecule has 2 heterocycles. The number of rotatable bonds is 14. The Balaban J connectivity index is 1.21. The highest BCUT2D eigenvalue weighted by Gasteiger charge is 2.14. The normalized spacial score (nSPS) is 16.0. The number of hydrogen-bond acceptors (Lipinski definition) is 8. The Morgan fingerprint density at radius 2 is 1.41 bits per heavy atom. The minimum atomic E-state index is 0.519. The van der Waals surface area contributed by atoms with Crippen molar-refractivity contribution in [3.05, 3.63) is 83.9 Å². The molecule has 3 aromatic carbocycles. The predicted molar refractivity (Wildman–Crippen MR) is 162 cm³/mol. The average molecular weight is 562 g/mol. The van der Waals surface area contributed by atoms with Gasteiger partial charge in [0.05, 0.1) is 46.8 Å². The maximum absolute atomic E-state index is 6.09. The lowest BCUT2D eigenvalue weighted by Crippen LogP contribution is -2.38. The van der Waals surface area contributed by atoms with Crippen LogP contribution in [-0.4, -0.2) is 91.0 Å². The smallest absolute Gasteiger partial charge is 0.121 e. The van der Waals surface area contributed by atoms with Gasteiger partial charge in [-0.1, -0.05) is 30.3 Å². The second-order valence-electron chi connectivity index (χ2n) is 10.4. The largest absolute Gasteiger partial charge is 0.497 e. The molecule has 2 saturated heterocycles. The van der Waals surface area contributed by atoms with E-state index in [-0.39, 0.29) is 0 Å². The average Bonchev–Trinajstić information content (AvgIpc) is 3.04. The third kappa shape index (κ3) is 9.10. The van der Waals surface area contributed by atoms with Crippen LogP contribution in [0.2, 0.25) is 0 Å². The summed E-state index contributed by atoms with van der Waals surface area (Å²) in [7, 11) is 1.71. The van der Waals surface area contributed by atoms with Crippen molar-refractivity contribution in [2.24, 2.45) is 0 Å². The van der Waals surface area contributed by atoms with E-state index in [4.69, 9.17) is 23.7 Å². The van der Waals surface area contributed by atoms with Crippen LogP contribution >= 0.6 is 0 Å². The lowest BCUT2D eigenvalue weighted by molar-refractivity contribution is 0.0170. The van der Waals surface area contributed by atoms with Gasteiger partial charge < -0.3 is 33.5 Å².